The maximum atomic E-state index is 12.5. The molecule has 0 radical (unpaired) electrons. The summed E-state index contributed by atoms with van der Waals surface area (Å²) in [6.45, 7) is 1.57. The van der Waals surface area contributed by atoms with Crippen LogP contribution in [-0.2, 0) is 11.3 Å². The molecule has 1 saturated heterocycles. The van der Waals surface area contributed by atoms with Crippen molar-refractivity contribution in [3.05, 3.63) is 69.7 Å². The zero-order valence-electron chi connectivity index (χ0n) is 14.3. The number of hydrogen-bond acceptors (Lipinski definition) is 2. The summed E-state index contributed by atoms with van der Waals surface area (Å²) >= 11 is 12.0. The largest absolute Gasteiger partial charge is 0.352 e. The number of halogens is 2. The van der Waals surface area contributed by atoms with Gasteiger partial charge < -0.3 is 10.2 Å². The Kier molecular flexibility index (Phi) is 6.17. The minimum absolute atomic E-state index is 0.0170. The van der Waals surface area contributed by atoms with E-state index in [1.54, 1.807) is 29.2 Å². The van der Waals surface area contributed by atoms with Crippen LogP contribution >= 0.6 is 23.2 Å². The minimum Gasteiger partial charge on any atom is -0.352 e. The molecule has 0 unspecified atom stereocenters. The smallest absolute Gasteiger partial charge is 0.253 e. The van der Waals surface area contributed by atoms with Gasteiger partial charge in [-0.25, -0.2) is 0 Å². The fourth-order valence-corrected chi connectivity index (χ4v) is 3.42. The molecule has 1 N–H and O–H groups in total. The van der Waals surface area contributed by atoms with E-state index in [0.29, 0.717) is 48.1 Å². The highest BCUT2D eigenvalue weighted by Crippen LogP contribution is 2.21. The fraction of sp³-hybridized carbons (Fsp3) is 0.300. The van der Waals surface area contributed by atoms with Crippen LogP contribution in [0.5, 0.6) is 0 Å². The Morgan fingerprint density at radius 1 is 1.00 bits per heavy atom. The molecule has 136 valence electrons. The lowest BCUT2D eigenvalue weighted by Gasteiger charge is -2.31. The lowest BCUT2D eigenvalue weighted by Crippen LogP contribution is -2.42. The van der Waals surface area contributed by atoms with Crippen molar-refractivity contribution in [2.45, 2.75) is 19.4 Å². The number of amides is 2. The van der Waals surface area contributed by atoms with Gasteiger partial charge in [0, 0.05) is 41.2 Å². The number of carbonyl (C=O) groups excluding carboxylic acids is 2. The molecule has 0 atom stereocenters. The molecular weight excluding hydrogens is 371 g/mol. The third-order valence-corrected chi connectivity index (χ3v) is 5.28. The highest BCUT2D eigenvalue weighted by molar-refractivity contribution is 6.31. The van der Waals surface area contributed by atoms with Gasteiger partial charge in [-0.05, 0) is 48.7 Å². The van der Waals surface area contributed by atoms with E-state index in [-0.39, 0.29) is 17.7 Å². The van der Waals surface area contributed by atoms with Crippen LogP contribution in [0.4, 0.5) is 0 Å². The molecule has 2 aromatic carbocycles. The number of likely N-dealkylation sites (tertiary alicyclic amines) is 1. The lowest BCUT2D eigenvalue weighted by molar-refractivity contribution is -0.126. The molecule has 1 aliphatic heterocycles. The SMILES string of the molecule is O=C(NCc1ccccc1Cl)C1CCN(C(=O)c2ccc(Cl)cc2)CC1. The van der Waals surface area contributed by atoms with Crippen LogP contribution in [0.3, 0.4) is 0 Å². The van der Waals surface area contributed by atoms with Crippen LogP contribution in [0, 0.1) is 5.92 Å². The Balaban J connectivity index is 1.50. The average Bonchev–Trinajstić information content (AvgIpc) is 2.67. The van der Waals surface area contributed by atoms with E-state index < -0.39 is 0 Å². The van der Waals surface area contributed by atoms with Crippen LogP contribution < -0.4 is 5.32 Å². The van der Waals surface area contributed by atoms with Crippen LogP contribution in [0.1, 0.15) is 28.8 Å². The van der Waals surface area contributed by atoms with E-state index in [9.17, 15) is 9.59 Å². The Bertz CT molecular complexity index is 785. The van der Waals surface area contributed by atoms with E-state index in [0.717, 1.165) is 5.56 Å². The highest BCUT2D eigenvalue weighted by Gasteiger charge is 2.27. The molecule has 2 amide bonds. The number of hydrogen-bond donors (Lipinski definition) is 1. The number of nitrogens with zero attached hydrogens (tertiary/aromatic N) is 1. The second-order valence-electron chi connectivity index (χ2n) is 6.38. The maximum absolute atomic E-state index is 12.5. The van der Waals surface area contributed by atoms with Gasteiger partial charge in [-0.15, -0.1) is 0 Å². The van der Waals surface area contributed by atoms with Crippen LogP contribution in [0.25, 0.3) is 0 Å². The van der Waals surface area contributed by atoms with Gasteiger partial charge in [0.1, 0.15) is 0 Å². The first-order valence-electron chi connectivity index (χ1n) is 8.60. The molecule has 4 nitrogen and oxygen atoms in total. The van der Waals surface area contributed by atoms with Crippen molar-refractivity contribution in [3.8, 4) is 0 Å². The van der Waals surface area contributed by atoms with Crippen molar-refractivity contribution < 1.29 is 9.59 Å². The van der Waals surface area contributed by atoms with E-state index in [4.69, 9.17) is 23.2 Å². The van der Waals surface area contributed by atoms with Crippen molar-refractivity contribution in [2.24, 2.45) is 5.92 Å². The Labute approximate surface area is 163 Å². The highest BCUT2D eigenvalue weighted by atomic mass is 35.5. The summed E-state index contributed by atoms with van der Waals surface area (Å²) in [5.41, 5.74) is 1.52. The monoisotopic (exact) mass is 390 g/mol. The maximum Gasteiger partial charge on any atom is 0.253 e. The van der Waals surface area contributed by atoms with Gasteiger partial charge >= 0.3 is 0 Å². The summed E-state index contributed by atoms with van der Waals surface area (Å²) in [5.74, 6) is -0.0770. The van der Waals surface area contributed by atoms with E-state index >= 15 is 0 Å². The third-order valence-electron chi connectivity index (χ3n) is 4.66. The first-order valence-corrected chi connectivity index (χ1v) is 9.36. The van der Waals surface area contributed by atoms with Gasteiger partial charge in [-0.2, -0.15) is 0 Å². The Hall–Kier alpha value is -2.04. The molecule has 1 aliphatic rings. The van der Waals surface area contributed by atoms with Crippen molar-refractivity contribution in [3.63, 3.8) is 0 Å². The second kappa shape index (κ2) is 8.56. The zero-order valence-corrected chi connectivity index (χ0v) is 15.8. The standard InChI is InChI=1S/C20H20Cl2N2O2/c21-17-7-5-15(6-8-17)20(26)24-11-9-14(10-12-24)19(25)23-13-16-3-1-2-4-18(16)22/h1-8,14H,9-13H2,(H,23,25). The molecule has 26 heavy (non-hydrogen) atoms. The molecule has 1 fully saturated rings. The normalized spacial score (nSPS) is 14.9. The van der Waals surface area contributed by atoms with Gasteiger partial charge in [0.05, 0.1) is 0 Å². The van der Waals surface area contributed by atoms with Crippen LogP contribution in [0.2, 0.25) is 10.0 Å². The minimum atomic E-state index is -0.0771. The van der Waals surface area contributed by atoms with Crippen LogP contribution in [0.15, 0.2) is 48.5 Å². The number of rotatable bonds is 4. The third kappa shape index (κ3) is 4.57. The predicted molar refractivity (Wildman–Crippen MR) is 103 cm³/mol. The lowest BCUT2D eigenvalue weighted by atomic mass is 9.95. The van der Waals surface area contributed by atoms with Crippen molar-refractivity contribution in [2.75, 3.05) is 13.1 Å². The second-order valence-corrected chi connectivity index (χ2v) is 7.23. The molecule has 0 aromatic heterocycles. The number of carbonyl (C=O) groups is 2. The summed E-state index contributed by atoms with van der Waals surface area (Å²) in [6, 6.07) is 14.3. The van der Waals surface area contributed by atoms with Gasteiger partial charge in [0.25, 0.3) is 5.91 Å². The zero-order chi connectivity index (χ0) is 18.5. The number of nitrogens with one attached hydrogen (secondary N) is 1. The van der Waals surface area contributed by atoms with Gasteiger partial charge in [-0.1, -0.05) is 41.4 Å². The van der Waals surface area contributed by atoms with Crippen molar-refractivity contribution >= 4 is 35.0 Å². The van der Waals surface area contributed by atoms with Crippen molar-refractivity contribution in [1.82, 2.24) is 10.2 Å². The van der Waals surface area contributed by atoms with Crippen molar-refractivity contribution in [1.29, 1.82) is 0 Å². The summed E-state index contributed by atoms with van der Waals surface area (Å²) in [5, 5.41) is 4.21. The molecule has 1 heterocycles. The summed E-state index contributed by atoms with van der Waals surface area (Å²) < 4.78 is 0. The molecular formula is C20H20Cl2N2O2. The molecule has 2 aromatic rings. The topological polar surface area (TPSA) is 49.4 Å². The number of benzene rings is 2. The molecule has 3 rings (SSSR count). The summed E-state index contributed by atoms with van der Waals surface area (Å²) in [6.07, 6.45) is 1.32. The molecule has 0 saturated carbocycles. The van der Waals surface area contributed by atoms with Crippen LogP contribution in [-0.4, -0.2) is 29.8 Å². The predicted octanol–water partition coefficient (Wildman–Crippen LogP) is 4.16. The summed E-state index contributed by atoms with van der Waals surface area (Å²) in [7, 11) is 0. The van der Waals surface area contributed by atoms with E-state index in [1.807, 2.05) is 24.3 Å². The number of piperidine rings is 1. The van der Waals surface area contributed by atoms with Gasteiger partial charge in [0.2, 0.25) is 5.91 Å². The Morgan fingerprint density at radius 3 is 2.31 bits per heavy atom. The molecule has 0 spiro atoms. The average molecular weight is 391 g/mol. The first kappa shape index (κ1) is 18.7. The molecule has 0 aliphatic carbocycles. The van der Waals surface area contributed by atoms with Gasteiger partial charge in [-0.3, -0.25) is 9.59 Å². The quantitative estimate of drug-likeness (QED) is 0.851. The fourth-order valence-electron chi connectivity index (χ4n) is 3.09. The molecule has 6 heteroatoms. The molecule has 0 bridgehead atoms. The Morgan fingerprint density at radius 2 is 1.65 bits per heavy atom. The van der Waals surface area contributed by atoms with Gasteiger partial charge in [0.15, 0.2) is 0 Å². The van der Waals surface area contributed by atoms with E-state index in [2.05, 4.69) is 5.32 Å². The van der Waals surface area contributed by atoms with E-state index in [1.165, 1.54) is 0 Å². The summed E-state index contributed by atoms with van der Waals surface area (Å²) in [4.78, 5) is 26.7. The first-order chi connectivity index (χ1) is 12.5.